The van der Waals surface area contributed by atoms with E-state index in [4.69, 9.17) is 0 Å². The van der Waals surface area contributed by atoms with Crippen molar-refractivity contribution in [2.45, 2.75) is 19.6 Å². The molecule has 0 heterocycles. The van der Waals surface area contributed by atoms with E-state index in [2.05, 4.69) is 5.32 Å². The second-order valence-electron chi connectivity index (χ2n) is 4.64. The molecule has 2 aromatic rings. The summed E-state index contributed by atoms with van der Waals surface area (Å²) >= 11 is 0. The van der Waals surface area contributed by atoms with Gasteiger partial charge in [0.1, 0.15) is 11.6 Å². The summed E-state index contributed by atoms with van der Waals surface area (Å²) in [4.78, 5) is 0. The van der Waals surface area contributed by atoms with Crippen LogP contribution in [-0.2, 0) is 12.7 Å². The zero-order chi connectivity index (χ0) is 15.6. The zero-order valence-corrected chi connectivity index (χ0v) is 11.1. The van der Waals surface area contributed by atoms with E-state index >= 15 is 0 Å². The molecule has 21 heavy (non-hydrogen) atoms. The predicted molar refractivity (Wildman–Crippen MR) is 69.9 cm³/mol. The molecule has 0 aliphatic carbocycles. The van der Waals surface area contributed by atoms with Gasteiger partial charge in [-0.25, -0.2) is 8.78 Å². The minimum atomic E-state index is -4.66. The lowest BCUT2D eigenvalue weighted by molar-refractivity contribution is -0.138. The van der Waals surface area contributed by atoms with Gasteiger partial charge in [0.15, 0.2) is 0 Å². The summed E-state index contributed by atoms with van der Waals surface area (Å²) in [5.74, 6) is -1.52. The Labute approximate surface area is 118 Å². The van der Waals surface area contributed by atoms with Crippen molar-refractivity contribution in [3.63, 3.8) is 0 Å². The van der Waals surface area contributed by atoms with Crippen molar-refractivity contribution in [2.75, 3.05) is 5.32 Å². The fraction of sp³-hybridized carbons (Fsp3) is 0.200. The first-order valence-corrected chi connectivity index (χ1v) is 6.13. The number of hydrogen-bond donors (Lipinski definition) is 1. The van der Waals surface area contributed by atoms with Crippen LogP contribution in [0.4, 0.5) is 27.6 Å². The molecule has 1 nitrogen and oxygen atoms in total. The van der Waals surface area contributed by atoms with E-state index in [-0.39, 0.29) is 17.8 Å². The molecular weight excluding hydrogens is 289 g/mol. The van der Waals surface area contributed by atoms with Crippen molar-refractivity contribution in [1.82, 2.24) is 0 Å². The maximum atomic E-state index is 13.6. The van der Waals surface area contributed by atoms with Crippen LogP contribution in [0.3, 0.4) is 0 Å². The van der Waals surface area contributed by atoms with Crippen LogP contribution in [0.5, 0.6) is 0 Å². The van der Waals surface area contributed by atoms with E-state index in [0.29, 0.717) is 11.6 Å². The quantitative estimate of drug-likeness (QED) is 0.795. The van der Waals surface area contributed by atoms with Gasteiger partial charge >= 0.3 is 6.18 Å². The third-order valence-electron chi connectivity index (χ3n) is 2.97. The number of nitrogens with one attached hydrogen (secondary N) is 1. The Kier molecular flexibility index (Phi) is 4.16. The van der Waals surface area contributed by atoms with Crippen LogP contribution >= 0.6 is 0 Å². The molecule has 0 spiro atoms. The van der Waals surface area contributed by atoms with E-state index in [0.717, 1.165) is 12.1 Å². The molecule has 6 heteroatoms. The number of benzene rings is 2. The topological polar surface area (TPSA) is 12.0 Å². The maximum Gasteiger partial charge on any atom is 0.416 e. The Bertz CT molecular complexity index is 649. The second kappa shape index (κ2) is 5.71. The van der Waals surface area contributed by atoms with Gasteiger partial charge in [-0.15, -0.1) is 0 Å². The van der Waals surface area contributed by atoms with Crippen LogP contribution < -0.4 is 5.32 Å². The van der Waals surface area contributed by atoms with Gasteiger partial charge in [-0.3, -0.25) is 0 Å². The molecule has 112 valence electrons. The fourth-order valence-electron chi connectivity index (χ4n) is 1.92. The Morgan fingerprint density at radius 1 is 1.00 bits per heavy atom. The number of alkyl halides is 3. The minimum Gasteiger partial charge on any atom is -0.379 e. The third-order valence-corrected chi connectivity index (χ3v) is 2.97. The van der Waals surface area contributed by atoms with Crippen molar-refractivity contribution >= 4 is 5.69 Å². The molecule has 0 unspecified atom stereocenters. The SMILES string of the molecule is Cc1ccc(NCc2ccc(F)cc2C(F)(F)F)c(F)c1. The highest BCUT2D eigenvalue weighted by Gasteiger charge is 2.33. The normalized spacial score (nSPS) is 11.5. The molecule has 0 aromatic heterocycles. The molecule has 0 saturated carbocycles. The van der Waals surface area contributed by atoms with E-state index < -0.39 is 23.4 Å². The van der Waals surface area contributed by atoms with E-state index in [1.165, 1.54) is 12.1 Å². The molecule has 0 radical (unpaired) electrons. The lowest BCUT2D eigenvalue weighted by Gasteiger charge is -2.14. The van der Waals surface area contributed by atoms with Gasteiger partial charge in [0.05, 0.1) is 11.3 Å². The lowest BCUT2D eigenvalue weighted by Crippen LogP contribution is -2.12. The van der Waals surface area contributed by atoms with Gasteiger partial charge in [0, 0.05) is 6.54 Å². The summed E-state index contributed by atoms with van der Waals surface area (Å²) in [5.41, 5.74) is -0.416. The van der Waals surface area contributed by atoms with Crippen molar-refractivity contribution < 1.29 is 22.0 Å². The number of anilines is 1. The summed E-state index contributed by atoms with van der Waals surface area (Å²) in [6.07, 6.45) is -4.66. The number of rotatable bonds is 3. The molecule has 0 atom stereocenters. The predicted octanol–water partition coefficient (Wildman–Crippen LogP) is 4.90. The van der Waals surface area contributed by atoms with E-state index in [1.807, 2.05) is 0 Å². The first-order chi connectivity index (χ1) is 9.77. The molecule has 2 rings (SSSR count). The number of halogens is 5. The number of hydrogen-bond acceptors (Lipinski definition) is 1. The average Bonchev–Trinajstić information content (AvgIpc) is 2.38. The van der Waals surface area contributed by atoms with Gasteiger partial charge in [0.2, 0.25) is 0 Å². The van der Waals surface area contributed by atoms with Crippen LogP contribution in [0, 0.1) is 18.6 Å². The molecule has 0 amide bonds. The van der Waals surface area contributed by atoms with E-state index in [1.54, 1.807) is 13.0 Å². The summed E-state index contributed by atoms with van der Waals surface area (Å²) in [6.45, 7) is 1.45. The third kappa shape index (κ3) is 3.71. The molecule has 0 saturated heterocycles. The fourth-order valence-corrected chi connectivity index (χ4v) is 1.92. The minimum absolute atomic E-state index is 0.0954. The average molecular weight is 301 g/mol. The van der Waals surface area contributed by atoms with Crippen molar-refractivity contribution in [1.29, 1.82) is 0 Å². The smallest absolute Gasteiger partial charge is 0.379 e. The monoisotopic (exact) mass is 301 g/mol. The Balaban J connectivity index is 2.24. The molecule has 2 aromatic carbocycles. The second-order valence-corrected chi connectivity index (χ2v) is 4.64. The van der Waals surface area contributed by atoms with Crippen LogP contribution in [-0.4, -0.2) is 0 Å². The largest absolute Gasteiger partial charge is 0.416 e. The first-order valence-electron chi connectivity index (χ1n) is 6.13. The van der Waals surface area contributed by atoms with E-state index in [9.17, 15) is 22.0 Å². The molecule has 1 N–H and O–H groups in total. The van der Waals surface area contributed by atoms with Crippen molar-refractivity contribution in [2.24, 2.45) is 0 Å². The Morgan fingerprint density at radius 3 is 2.33 bits per heavy atom. The molecule has 0 aliphatic heterocycles. The van der Waals surface area contributed by atoms with Gasteiger partial charge in [-0.1, -0.05) is 12.1 Å². The molecular formula is C15H12F5N. The molecule has 0 aliphatic rings. The maximum absolute atomic E-state index is 13.6. The van der Waals surface area contributed by atoms with Gasteiger partial charge < -0.3 is 5.32 Å². The lowest BCUT2D eigenvalue weighted by atomic mass is 10.1. The van der Waals surface area contributed by atoms with Crippen LogP contribution in [0.2, 0.25) is 0 Å². The summed E-state index contributed by atoms with van der Waals surface area (Å²) in [5, 5.41) is 2.59. The first kappa shape index (κ1) is 15.3. The zero-order valence-electron chi connectivity index (χ0n) is 11.1. The Morgan fingerprint density at radius 2 is 1.71 bits per heavy atom. The molecule has 0 fully saturated rings. The Hall–Kier alpha value is -2.11. The van der Waals surface area contributed by atoms with Crippen molar-refractivity contribution in [3.05, 3.63) is 64.7 Å². The van der Waals surface area contributed by atoms with Crippen LogP contribution in [0.1, 0.15) is 16.7 Å². The van der Waals surface area contributed by atoms with Crippen LogP contribution in [0.25, 0.3) is 0 Å². The van der Waals surface area contributed by atoms with Crippen molar-refractivity contribution in [3.8, 4) is 0 Å². The van der Waals surface area contributed by atoms with Gasteiger partial charge in [0.25, 0.3) is 0 Å². The van der Waals surface area contributed by atoms with Gasteiger partial charge in [-0.05, 0) is 42.3 Å². The highest BCUT2D eigenvalue weighted by atomic mass is 19.4. The molecule has 0 bridgehead atoms. The standard InChI is InChI=1S/C15H12F5N/c1-9-2-5-14(13(17)6-9)21-8-10-3-4-11(16)7-12(10)15(18,19)20/h2-7,21H,8H2,1H3. The summed E-state index contributed by atoms with van der Waals surface area (Å²) in [7, 11) is 0. The highest BCUT2D eigenvalue weighted by Crippen LogP contribution is 2.33. The highest BCUT2D eigenvalue weighted by molar-refractivity contribution is 5.47. The summed E-state index contributed by atoms with van der Waals surface area (Å²) < 4.78 is 65.0. The number of aryl methyl sites for hydroxylation is 1. The van der Waals surface area contributed by atoms with Crippen LogP contribution in [0.15, 0.2) is 36.4 Å². The van der Waals surface area contributed by atoms with Gasteiger partial charge in [-0.2, -0.15) is 13.2 Å². The summed E-state index contributed by atoms with van der Waals surface area (Å²) in [6, 6.07) is 6.78.